The van der Waals surface area contributed by atoms with Gasteiger partial charge >= 0.3 is 0 Å². The van der Waals surface area contributed by atoms with Crippen molar-refractivity contribution in [3.8, 4) is 0 Å². The van der Waals surface area contributed by atoms with E-state index in [1.807, 2.05) is 36.4 Å². The summed E-state index contributed by atoms with van der Waals surface area (Å²) in [6.45, 7) is 0. The van der Waals surface area contributed by atoms with Gasteiger partial charge in [-0.05, 0) is 24.5 Å². The van der Waals surface area contributed by atoms with Crippen LogP contribution >= 0.6 is 0 Å². The van der Waals surface area contributed by atoms with Crippen molar-refractivity contribution in [2.45, 2.75) is 12.8 Å². The topological polar surface area (TPSA) is 17.1 Å². The van der Waals surface area contributed by atoms with Gasteiger partial charge in [-0.25, -0.2) is 0 Å². The molecule has 0 spiro atoms. The van der Waals surface area contributed by atoms with Crippen molar-refractivity contribution in [3.05, 3.63) is 42.0 Å². The predicted octanol–water partition coefficient (Wildman–Crippen LogP) is 2.68. The molecule has 0 aromatic heterocycles. The van der Waals surface area contributed by atoms with Gasteiger partial charge in [0.2, 0.25) is 0 Å². The van der Waals surface area contributed by atoms with E-state index in [1.54, 1.807) is 6.08 Å². The maximum Gasteiger partial charge on any atom is 0.158 e. The molecule has 1 nitrogen and oxygen atoms in total. The first-order valence-corrected chi connectivity index (χ1v) is 4.63. The Bertz CT molecular complexity index is 320. The zero-order valence-corrected chi connectivity index (χ0v) is 7.44. The number of carbonyl (C=O) groups is 1. The zero-order chi connectivity index (χ0) is 9.10. The van der Waals surface area contributed by atoms with Gasteiger partial charge in [-0.2, -0.15) is 0 Å². The van der Waals surface area contributed by atoms with E-state index in [9.17, 15) is 4.79 Å². The molecule has 0 heterocycles. The third kappa shape index (κ3) is 2.28. The van der Waals surface area contributed by atoms with Gasteiger partial charge in [-0.3, -0.25) is 4.79 Å². The molecule has 1 heteroatoms. The van der Waals surface area contributed by atoms with Gasteiger partial charge in [-0.1, -0.05) is 36.4 Å². The highest BCUT2D eigenvalue weighted by molar-refractivity contribution is 5.96. The minimum absolute atomic E-state index is 0.281. The van der Waals surface area contributed by atoms with Crippen LogP contribution in [0.2, 0.25) is 0 Å². The molecule has 0 atom stereocenters. The Morgan fingerprint density at radius 2 is 1.92 bits per heavy atom. The molecule has 0 amide bonds. The van der Waals surface area contributed by atoms with Crippen molar-refractivity contribution in [2.24, 2.45) is 5.92 Å². The minimum atomic E-state index is 0.281. The number of carbonyl (C=O) groups excluding carboxylic acids is 1. The monoisotopic (exact) mass is 172 g/mol. The fourth-order valence-electron chi connectivity index (χ4n) is 1.25. The van der Waals surface area contributed by atoms with Gasteiger partial charge in [-0.15, -0.1) is 0 Å². The second kappa shape index (κ2) is 3.56. The van der Waals surface area contributed by atoms with Crippen molar-refractivity contribution in [1.82, 2.24) is 0 Å². The predicted molar refractivity (Wildman–Crippen MR) is 53.2 cm³/mol. The molecule has 1 aliphatic carbocycles. The van der Waals surface area contributed by atoms with Crippen LogP contribution in [-0.4, -0.2) is 5.78 Å². The number of rotatable bonds is 3. The molecule has 0 saturated heterocycles. The highest BCUT2D eigenvalue weighted by Gasteiger charge is 2.27. The average molecular weight is 172 g/mol. The minimum Gasteiger partial charge on any atom is -0.295 e. The molecule has 66 valence electrons. The van der Waals surface area contributed by atoms with Crippen LogP contribution in [0, 0.1) is 5.92 Å². The first-order chi connectivity index (χ1) is 6.36. The standard InChI is InChI=1S/C12H12O/c13-12(11-7-8-11)9-6-10-4-2-1-3-5-10/h1-6,9,11H,7-8H2/b9-6-. The van der Waals surface area contributed by atoms with Gasteiger partial charge in [0.05, 0.1) is 0 Å². The second-order valence-electron chi connectivity index (χ2n) is 3.42. The number of hydrogen-bond acceptors (Lipinski definition) is 1. The highest BCUT2D eigenvalue weighted by atomic mass is 16.1. The molecule has 1 aliphatic rings. The summed E-state index contributed by atoms with van der Waals surface area (Å²) in [6.07, 6.45) is 5.75. The highest BCUT2D eigenvalue weighted by Crippen LogP contribution is 2.30. The number of hydrogen-bond donors (Lipinski definition) is 0. The Labute approximate surface area is 78.1 Å². The summed E-state index contributed by atoms with van der Waals surface area (Å²) in [4.78, 5) is 11.3. The lowest BCUT2D eigenvalue weighted by Crippen LogP contribution is -1.93. The normalized spacial score (nSPS) is 16.3. The molecule has 2 rings (SSSR count). The van der Waals surface area contributed by atoms with E-state index >= 15 is 0 Å². The number of allylic oxidation sites excluding steroid dienone is 1. The van der Waals surface area contributed by atoms with Crippen LogP contribution in [0.3, 0.4) is 0 Å². The molecule has 0 radical (unpaired) electrons. The molecule has 0 aliphatic heterocycles. The third-order valence-electron chi connectivity index (χ3n) is 2.22. The summed E-state index contributed by atoms with van der Waals surface area (Å²) >= 11 is 0. The van der Waals surface area contributed by atoms with Crippen molar-refractivity contribution >= 4 is 11.9 Å². The average Bonchev–Trinajstić information content (AvgIpc) is 2.99. The summed E-state index contributed by atoms with van der Waals surface area (Å²) < 4.78 is 0. The van der Waals surface area contributed by atoms with E-state index in [-0.39, 0.29) is 5.78 Å². The van der Waals surface area contributed by atoms with Gasteiger partial charge in [0.25, 0.3) is 0 Å². The molecule has 1 fully saturated rings. The SMILES string of the molecule is O=C(/C=C\c1ccccc1)C1CC1. The van der Waals surface area contributed by atoms with E-state index < -0.39 is 0 Å². The van der Waals surface area contributed by atoms with E-state index in [1.165, 1.54) is 0 Å². The lowest BCUT2D eigenvalue weighted by Gasteiger charge is -1.90. The Balaban J connectivity index is 2.00. The quantitative estimate of drug-likeness (QED) is 0.640. The van der Waals surface area contributed by atoms with Crippen LogP contribution in [0.4, 0.5) is 0 Å². The summed E-state index contributed by atoms with van der Waals surface area (Å²) in [6, 6.07) is 9.91. The van der Waals surface area contributed by atoms with Crippen LogP contribution in [-0.2, 0) is 4.79 Å². The molecule has 1 saturated carbocycles. The molecule has 0 bridgehead atoms. The van der Waals surface area contributed by atoms with Crippen molar-refractivity contribution in [1.29, 1.82) is 0 Å². The van der Waals surface area contributed by atoms with E-state index in [0.717, 1.165) is 18.4 Å². The van der Waals surface area contributed by atoms with Crippen LogP contribution in [0.25, 0.3) is 6.08 Å². The maximum absolute atomic E-state index is 11.3. The zero-order valence-electron chi connectivity index (χ0n) is 7.44. The molecular formula is C12H12O. The van der Waals surface area contributed by atoms with Crippen LogP contribution in [0.1, 0.15) is 18.4 Å². The lowest BCUT2D eigenvalue weighted by atomic mass is 10.1. The first kappa shape index (κ1) is 8.24. The van der Waals surface area contributed by atoms with Crippen molar-refractivity contribution in [2.75, 3.05) is 0 Å². The van der Waals surface area contributed by atoms with Crippen LogP contribution in [0.5, 0.6) is 0 Å². The fraction of sp³-hybridized carbons (Fsp3) is 0.250. The Morgan fingerprint density at radius 3 is 2.54 bits per heavy atom. The smallest absolute Gasteiger partial charge is 0.158 e. The van der Waals surface area contributed by atoms with Crippen molar-refractivity contribution < 1.29 is 4.79 Å². The second-order valence-corrected chi connectivity index (χ2v) is 3.42. The number of benzene rings is 1. The first-order valence-electron chi connectivity index (χ1n) is 4.63. The fourth-order valence-corrected chi connectivity index (χ4v) is 1.25. The van der Waals surface area contributed by atoms with E-state index in [0.29, 0.717) is 5.92 Å². The maximum atomic E-state index is 11.3. The van der Waals surface area contributed by atoms with Crippen LogP contribution in [0.15, 0.2) is 36.4 Å². The van der Waals surface area contributed by atoms with Crippen LogP contribution < -0.4 is 0 Å². The summed E-state index contributed by atoms with van der Waals surface area (Å²) in [5.74, 6) is 0.615. The van der Waals surface area contributed by atoms with Gasteiger partial charge in [0.15, 0.2) is 5.78 Å². The summed E-state index contributed by atoms with van der Waals surface area (Å²) in [5.41, 5.74) is 1.09. The molecule has 1 aromatic rings. The Hall–Kier alpha value is -1.37. The van der Waals surface area contributed by atoms with E-state index in [4.69, 9.17) is 0 Å². The third-order valence-corrected chi connectivity index (χ3v) is 2.22. The largest absolute Gasteiger partial charge is 0.295 e. The van der Waals surface area contributed by atoms with Gasteiger partial charge in [0.1, 0.15) is 0 Å². The molecule has 1 aromatic carbocycles. The van der Waals surface area contributed by atoms with Gasteiger partial charge in [0, 0.05) is 5.92 Å². The summed E-state index contributed by atoms with van der Waals surface area (Å²) in [7, 11) is 0. The number of ketones is 1. The lowest BCUT2D eigenvalue weighted by molar-refractivity contribution is -0.115. The van der Waals surface area contributed by atoms with Gasteiger partial charge < -0.3 is 0 Å². The Morgan fingerprint density at radius 1 is 1.23 bits per heavy atom. The summed E-state index contributed by atoms with van der Waals surface area (Å²) in [5, 5.41) is 0. The van der Waals surface area contributed by atoms with E-state index in [2.05, 4.69) is 0 Å². The molecule has 13 heavy (non-hydrogen) atoms. The Kier molecular flexibility index (Phi) is 2.26. The molecular weight excluding hydrogens is 160 g/mol. The van der Waals surface area contributed by atoms with Crippen molar-refractivity contribution in [3.63, 3.8) is 0 Å². The molecule has 0 unspecified atom stereocenters. The molecule has 0 N–H and O–H groups in total.